The third-order valence-corrected chi connectivity index (χ3v) is 6.98. The monoisotopic (exact) mass is 383 g/mol. The van der Waals surface area contributed by atoms with Gasteiger partial charge in [0.2, 0.25) is 5.91 Å². The summed E-state index contributed by atoms with van der Waals surface area (Å²) in [5.41, 5.74) is 2.52. The highest BCUT2D eigenvalue weighted by molar-refractivity contribution is 8.00. The van der Waals surface area contributed by atoms with Crippen LogP contribution in [0, 0.1) is 0 Å². The summed E-state index contributed by atoms with van der Waals surface area (Å²) in [5, 5.41) is 4.95. The molecule has 0 radical (unpaired) electrons. The van der Waals surface area contributed by atoms with Crippen molar-refractivity contribution in [2.45, 2.75) is 49.4 Å². The number of carbonyl (C=O) groups is 1. The van der Waals surface area contributed by atoms with Crippen LogP contribution >= 0.6 is 23.1 Å². The van der Waals surface area contributed by atoms with Gasteiger partial charge in [0.15, 0.2) is 0 Å². The Balaban J connectivity index is 1.49. The van der Waals surface area contributed by atoms with Gasteiger partial charge in [-0.25, -0.2) is 9.97 Å². The minimum Gasteiger partial charge on any atom is -0.351 e. The molecule has 1 atom stereocenters. The molecule has 3 aromatic rings. The third-order valence-electron chi connectivity index (χ3n) is 4.68. The summed E-state index contributed by atoms with van der Waals surface area (Å²) in [5.74, 6) is 0.0368. The first-order valence-corrected chi connectivity index (χ1v) is 10.7. The topological polar surface area (TPSA) is 54.9 Å². The molecular formula is C20H21N3OS2. The van der Waals surface area contributed by atoms with Crippen molar-refractivity contribution in [3.63, 3.8) is 0 Å². The summed E-state index contributed by atoms with van der Waals surface area (Å²) < 4.78 is 0. The summed E-state index contributed by atoms with van der Waals surface area (Å²) in [4.78, 5) is 24.0. The molecule has 1 aromatic carbocycles. The molecule has 1 aliphatic carbocycles. The summed E-state index contributed by atoms with van der Waals surface area (Å²) in [7, 11) is 0. The fourth-order valence-electron chi connectivity index (χ4n) is 3.30. The zero-order valence-electron chi connectivity index (χ0n) is 14.7. The Morgan fingerprint density at radius 2 is 2.04 bits per heavy atom. The van der Waals surface area contributed by atoms with E-state index in [1.165, 1.54) is 40.4 Å². The highest BCUT2D eigenvalue weighted by atomic mass is 32.2. The molecule has 134 valence electrons. The molecule has 0 fully saturated rings. The van der Waals surface area contributed by atoms with Crippen molar-refractivity contribution in [2.24, 2.45) is 0 Å². The van der Waals surface area contributed by atoms with Crippen molar-refractivity contribution in [2.75, 3.05) is 0 Å². The number of hydrogen-bond acceptors (Lipinski definition) is 5. The molecule has 0 aliphatic heterocycles. The van der Waals surface area contributed by atoms with Crippen LogP contribution in [0.25, 0.3) is 10.2 Å². The van der Waals surface area contributed by atoms with Gasteiger partial charge in [0, 0.05) is 16.8 Å². The molecule has 2 heterocycles. The Bertz CT molecular complexity index is 923. The van der Waals surface area contributed by atoms with Crippen LogP contribution in [0.3, 0.4) is 0 Å². The summed E-state index contributed by atoms with van der Waals surface area (Å²) in [6.07, 6.45) is 6.36. The second-order valence-electron chi connectivity index (χ2n) is 6.53. The van der Waals surface area contributed by atoms with E-state index in [1.54, 1.807) is 17.7 Å². The molecule has 1 N–H and O–H groups in total. The van der Waals surface area contributed by atoms with Gasteiger partial charge < -0.3 is 5.32 Å². The van der Waals surface area contributed by atoms with Gasteiger partial charge in [-0.05, 0) is 43.7 Å². The minimum absolute atomic E-state index is 0.0368. The predicted octanol–water partition coefficient (Wildman–Crippen LogP) is 4.37. The number of amides is 1. The lowest BCUT2D eigenvalue weighted by atomic mass is 9.97. The fourth-order valence-corrected chi connectivity index (χ4v) is 5.56. The molecule has 0 bridgehead atoms. The lowest BCUT2D eigenvalue weighted by molar-refractivity contribution is -0.120. The van der Waals surface area contributed by atoms with E-state index >= 15 is 0 Å². The van der Waals surface area contributed by atoms with Gasteiger partial charge in [0.25, 0.3) is 0 Å². The summed E-state index contributed by atoms with van der Waals surface area (Å²) in [6.45, 7) is 2.50. The Morgan fingerprint density at radius 3 is 2.88 bits per heavy atom. The maximum Gasteiger partial charge on any atom is 0.233 e. The first-order valence-electron chi connectivity index (χ1n) is 8.96. The molecule has 2 aromatic heterocycles. The maximum atomic E-state index is 12.5. The second-order valence-corrected chi connectivity index (χ2v) is 8.95. The van der Waals surface area contributed by atoms with Gasteiger partial charge in [0.05, 0.1) is 5.25 Å². The molecular weight excluding hydrogens is 362 g/mol. The van der Waals surface area contributed by atoms with Gasteiger partial charge in [-0.15, -0.1) is 11.3 Å². The number of nitrogens with one attached hydrogen (secondary N) is 1. The van der Waals surface area contributed by atoms with E-state index in [4.69, 9.17) is 0 Å². The van der Waals surface area contributed by atoms with Crippen molar-refractivity contribution < 1.29 is 4.79 Å². The van der Waals surface area contributed by atoms with Crippen molar-refractivity contribution in [3.8, 4) is 0 Å². The molecule has 0 spiro atoms. The fraction of sp³-hybridized carbons (Fsp3) is 0.350. The van der Waals surface area contributed by atoms with E-state index in [2.05, 4.69) is 15.3 Å². The maximum absolute atomic E-state index is 12.5. The standard InChI is InChI=1S/C20H21N3OS2/c1-13(18(24)21-11-14-7-3-2-4-8-14)25-19-17-15-9-5-6-10-16(15)26-20(17)23-12-22-19/h2-4,7-8,12-13H,5-6,9-11H2,1H3,(H,21,24). The van der Waals surface area contributed by atoms with E-state index in [0.717, 1.165) is 28.3 Å². The number of carbonyl (C=O) groups excluding carboxylic acids is 1. The molecule has 26 heavy (non-hydrogen) atoms. The number of fused-ring (bicyclic) bond motifs is 3. The first kappa shape index (κ1) is 17.5. The van der Waals surface area contributed by atoms with E-state index in [9.17, 15) is 4.79 Å². The SMILES string of the molecule is CC(Sc1ncnc2sc3c(c12)CCCC3)C(=O)NCc1ccccc1. The van der Waals surface area contributed by atoms with Crippen molar-refractivity contribution in [1.29, 1.82) is 0 Å². The first-order chi connectivity index (χ1) is 12.7. The van der Waals surface area contributed by atoms with Crippen LogP contribution in [0.4, 0.5) is 0 Å². The summed E-state index contributed by atoms with van der Waals surface area (Å²) in [6, 6.07) is 9.98. The largest absolute Gasteiger partial charge is 0.351 e. The van der Waals surface area contributed by atoms with Gasteiger partial charge in [-0.3, -0.25) is 4.79 Å². The highest BCUT2D eigenvalue weighted by Gasteiger charge is 2.22. The van der Waals surface area contributed by atoms with Crippen LogP contribution in [0.1, 0.15) is 35.8 Å². The van der Waals surface area contributed by atoms with Crippen LogP contribution in [-0.4, -0.2) is 21.1 Å². The van der Waals surface area contributed by atoms with E-state index in [0.29, 0.717) is 6.54 Å². The average molecular weight is 384 g/mol. The van der Waals surface area contributed by atoms with Gasteiger partial charge >= 0.3 is 0 Å². The molecule has 6 heteroatoms. The number of nitrogens with zero attached hydrogens (tertiary/aromatic N) is 2. The zero-order valence-corrected chi connectivity index (χ0v) is 16.3. The van der Waals surface area contributed by atoms with E-state index < -0.39 is 0 Å². The minimum atomic E-state index is -0.198. The Hall–Kier alpha value is -1.92. The van der Waals surface area contributed by atoms with Gasteiger partial charge in [-0.1, -0.05) is 42.1 Å². The van der Waals surface area contributed by atoms with Crippen molar-refractivity contribution in [3.05, 3.63) is 52.7 Å². The molecule has 1 unspecified atom stereocenters. The van der Waals surface area contributed by atoms with Gasteiger partial charge in [0.1, 0.15) is 16.2 Å². The number of hydrogen-bond donors (Lipinski definition) is 1. The van der Waals surface area contributed by atoms with Crippen molar-refractivity contribution >= 4 is 39.2 Å². The molecule has 0 saturated carbocycles. The Kier molecular flexibility index (Phi) is 5.22. The molecule has 1 amide bonds. The number of thiophene rings is 1. The van der Waals surface area contributed by atoms with Crippen LogP contribution in [-0.2, 0) is 24.2 Å². The Morgan fingerprint density at radius 1 is 1.23 bits per heavy atom. The molecule has 1 aliphatic rings. The van der Waals surface area contributed by atoms with Crippen LogP contribution in [0.15, 0.2) is 41.7 Å². The predicted molar refractivity (Wildman–Crippen MR) is 108 cm³/mol. The zero-order chi connectivity index (χ0) is 17.9. The lowest BCUT2D eigenvalue weighted by Gasteiger charge is -2.14. The number of thioether (sulfide) groups is 1. The molecule has 0 saturated heterocycles. The smallest absolute Gasteiger partial charge is 0.233 e. The normalized spacial score (nSPS) is 14.8. The number of rotatable bonds is 5. The highest BCUT2D eigenvalue weighted by Crippen LogP contribution is 2.40. The van der Waals surface area contributed by atoms with Crippen LogP contribution in [0.2, 0.25) is 0 Å². The van der Waals surface area contributed by atoms with Crippen molar-refractivity contribution in [1.82, 2.24) is 15.3 Å². The van der Waals surface area contributed by atoms with E-state index in [1.807, 2.05) is 37.3 Å². The Labute approximate surface area is 161 Å². The van der Waals surface area contributed by atoms with E-state index in [-0.39, 0.29) is 11.2 Å². The molecule has 4 rings (SSSR count). The number of benzene rings is 1. The van der Waals surface area contributed by atoms with Crippen LogP contribution < -0.4 is 5.32 Å². The number of aryl methyl sites for hydroxylation is 2. The quantitative estimate of drug-likeness (QED) is 0.525. The third kappa shape index (κ3) is 3.62. The van der Waals surface area contributed by atoms with Gasteiger partial charge in [-0.2, -0.15) is 0 Å². The summed E-state index contributed by atoms with van der Waals surface area (Å²) >= 11 is 3.33. The number of aromatic nitrogens is 2. The average Bonchev–Trinajstić information content (AvgIpc) is 3.06. The second kappa shape index (κ2) is 7.76. The lowest BCUT2D eigenvalue weighted by Crippen LogP contribution is -2.30. The molecule has 4 nitrogen and oxygen atoms in total. The van der Waals surface area contributed by atoms with Crippen LogP contribution in [0.5, 0.6) is 0 Å².